The zero-order valence-corrected chi connectivity index (χ0v) is 31.4. The third-order valence-corrected chi connectivity index (χ3v) is 7.70. The molecular weight excluding hydrogens is 502 g/mol. The molecule has 0 aromatic heterocycles. The number of ether oxygens (including phenoxy) is 1. The molecule has 0 atom stereocenters. The first-order valence-corrected chi connectivity index (χ1v) is 16.9. The van der Waals surface area contributed by atoms with Crippen molar-refractivity contribution in [3.8, 4) is 0 Å². The third kappa shape index (κ3) is 39.1. The van der Waals surface area contributed by atoms with Gasteiger partial charge in [-0.05, 0) is 12.8 Å². The maximum Gasteiger partial charge on any atom is 1.00 e. The largest absolute Gasteiger partial charge is 1.00 e. The predicted octanol–water partition coefficient (Wildman–Crippen LogP) is 6.03. The van der Waals surface area contributed by atoms with Crippen LogP contribution in [0.5, 0.6) is 0 Å². The number of unbranched alkanes of at least 4 members (excludes halogenated alkanes) is 26. The van der Waals surface area contributed by atoms with Crippen molar-refractivity contribution in [2.45, 2.75) is 206 Å². The van der Waals surface area contributed by atoms with E-state index in [1.54, 1.807) is 0 Å². The minimum absolute atomic E-state index is 0. The van der Waals surface area contributed by atoms with E-state index in [4.69, 9.17) is 4.74 Å². The van der Waals surface area contributed by atoms with Gasteiger partial charge in [0.15, 0.2) is 0 Å². The number of esters is 2. The molecule has 0 aliphatic rings. The number of hydrogen-bond donors (Lipinski definition) is 0. The minimum atomic E-state index is -0.325. The van der Waals surface area contributed by atoms with E-state index in [0.717, 1.165) is 25.7 Å². The summed E-state index contributed by atoms with van der Waals surface area (Å²) in [6, 6.07) is 0. The van der Waals surface area contributed by atoms with Gasteiger partial charge in [0.25, 0.3) is 0 Å². The van der Waals surface area contributed by atoms with Crippen LogP contribution < -0.4 is 59.1 Å². The van der Waals surface area contributed by atoms with Crippen LogP contribution in [0.2, 0.25) is 0 Å². The molecule has 0 spiro atoms. The van der Waals surface area contributed by atoms with Crippen molar-refractivity contribution in [3.05, 3.63) is 0 Å². The Morgan fingerprint density at radius 3 is 0.744 bits per heavy atom. The van der Waals surface area contributed by atoms with E-state index in [9.17, 15) is 9.59 Å². The van der Waals surface area contributed by atoms with Gasteiger partial charge >= 0.3 is 71.1 Å². The van der Waals surface area contributed by atoms with Gasteiger partial charge in [-0.2, -0.15) is 0 Å². The molecule has 0 radical (unpaired) electrons. The summed E-state index contributed by atoms with van der Waals surface area (Å²) in [5.74, 6) is -0.650. The van der Waals surface area contributed by atoms with E-state index in [2.05, 4.69) is 13.8 Å². The smallest absolute Gasteiger partial charge is 1.00 e. The first-order valence-electron chi connectivity index (χ1n) is 16.9. The van der Waals surface area contributed by atoms with Crippen molar-refractivity contribution >= 4 is 11.9 Å². The Hall–Kier alpha value is 1.14. The Kier molecular flexibility index (Phi) is 44.7. The molecule has 0 unspecified atom stereocenters. The predicted molar refractivity (Wildman–Crippen MR) is 163 cm³/mol. The van der Waals surface area contributed by atoms with E-state index < -0.39 is 0 Å². The summed E-state index contributed by atoms with van der Waals surface area (Å²) in [5.41, 5.74) is 0. The van der Waals surface area contributed by atoms with Gasteiger partial charge in [0.1, 0.15) is 0 Å². The number of carbonyl (C=O) groups is 2. The van der Waals surface area contributed by atoms with Gasteiger partial charge in [-0.15, -0.1) is 0 Å². The maximum absolute atomic E-state index is 11.9. The molecule has 0 saturated carbocycles. The first kappa shape index (κ1) is 44.6. The Labute approximate surface area is 292 Å². The average Bonchev–Trinajstić information content (AvgIpc) is 2.89. The zero-order valence-electron chi connectivity index (χ0n) is 29.4. The van der Waals surface area contributed by atoms with Gasteiger partial charge in [0, 0.05) is 12.8 Å². The molecular formula is C34H68Na2O3. The fourth-order valence-electron chi connectivity index (χ4n) is 5.16. The monoisotopic (exact) mass is 570 g/mol. The minimum Gasteiger partial charge on any atom is -1.00 e. The first-order chi connectivity index (χ1) is 18.2. The molecule has 0 aliphatic heterocycles. The van der Waals surface area contributed by atoms with Crippen LogP contribution in [-0.2, 0) is 14.3 Å². The van der Waals surface area contributed by atoms with Crippen molar-refractivity contribution in [1.29, 1.82) is 0 Å². The standard InChI is InChI=1S/C34H66O3.2Na.2H/c1-3-5-7-9-11-13-15-17-18-20-22-24-26-28-30-32-34(36)37-33(35)31-29-27-25-23-21-19-16-14-12-10-8-6-4-2;;;;/h3-32H2,1-2H3;;;;/q;2*+1;2*-1. The molecule has 0 aromatic rings. The molecule has 0 bridgehead atoms. The zero-order chi connectivity index (χ0) is 27.1. The van der Waals surface area contributed by atoms with Crippen molar-refractivity contribution in [3.63, 3.8) is 0 Å². The quantitative estimate of drug-likeness (QED) is 0.0458. The topological polar surface area (TPSA) is 43.4 Å². The van der Waals surface area contributed by atoms with Crippen LogP contribution in [0, 0.1) is 0 Å². The van der Waals surface area contributed by atoms with Crippen molar-refractivity contribution in [1.82, 2.24) is 0 Å². The van der Waals surface area contributed by atoms with Crippen LogP contribution in [0.1, 0.15) is 209 Å². The second-order valence-electron chi connectivity index (χ2n) is 11.5. The summed E-state index contributed by atoms with van der Waals surface area (Å²) in [7, 11) is 0. The number of hydrogen-bond acceptors (Lipinski definition) is 3. The van der Waals surface area contributed by atoms with Crippen molar-refractivity contribution < 1.29 is 76.3 Å². The Balaban J connectivity index is -0.00000108. The molecule has 0 aromatic carbocycles. The van der Waals surface area contributed by atoms with E-state index in [0.29, 0.717) is 12.8 Å². The molecule has 0 aliphatic carbocycles. The fraction of sp³-hybridized carbons (Fsp3) is 0.941. The van der Waals surface area contributed by atoms with Crippen LogP contribution >= 0.6 is 0 Å². The van der Waals surface area contributed by atoms with Gasteiger partial charge in [0.2, 0.25) is 0 Å². The van der Waals surface area contributed by atoms with Crippen molar-refractivity contribution in [2.75, 3.05) is 0 Å². The second kappa shape index (κ2) is 39.1. The molecule has 0 rings (SSSR count). The summed E-state index contributed by atoms with van der Waals surface area (Å²) >= 11 is 0. The van der Waals surface area contributed by atoms with Crippen molar-refractivity contribution in [2.24, 2.45) is 0 Å². The van der Waals surface area contributed by atoms with Gasteiger partial charge < -0.3 is 7.59 Å². The molecule has 0 fully saturated rings. The second-order valence-corrected chi connectivity index (χ2v) is 11.5. The number of rotatable bonds is 30. The van der Waals surface area contributed by atoms with E-state index in [1.807, 2.05) is 0 Å². The van der Waals surface area contributed by atoms with E-state index >= 15 is 0 Å². The SMILES string of the molecule is CCCCCCCCCCCCCCCCCC(=O)OC(=O)CCCCCCCCCCCCCCC.[H-].[H-].[Na+].[Na+]. The van der Waals surface area contributed by atoms with E-state index in [1.165, 1.54) is 154 Å². The Morgan fingerprint density at radius 2 is 0.538 bits per heavy atom. The third-order valence-electron chi connectivity index (χ3n) is 7.70. The Bertz CT molecular complexity index is 497. The molecule has 5 heteroatoms. The van der Waals surface area contributed by atoms with Gasteiger partial charge in [0.05, 0.1) is 0 Å². The van der Waals surface area contributed by atoms with Crippen LogP contribution in [-0.4, -0.2) is 11.9 Å². The molecule has 39 heavy (non-hydrogen) atoms. The van der Waals surface area contributed by atoms with Crippen LogP contribution in [0.3, 0.4) is 0 Å². The fourth-order valence-corrected chi connectivity index (χ4v) is 5.16. The molecule has 0 saturated heterocycles. The van der Waals surface area contributed by atoms with Gasteiger partial charge in [-0.1, -0.05) is 181 Å². The van der Waals surface area contributed by atoms with Gasteiger partial charge in [-0.3, -0.25) is 9.59 Å². The summed E-state index contributed by atoms with van der Waals surface area (Å²) < 4.78 is 5.00. The molecule has 224 valence electrons. The summed E-state index contributed by atoms with van der Waals surface area (Å²) in [5, 5.41) is 0. The molecule has 3 nitrogen and oxygen atoms in total. The van der Waals surface area contributed by atoms with Crippen LogP contribution in [0.15, 0.2) is 0 Å². The molecule has 0 heterocycles. The number of carbonyl (C=O) groups excluding carboxylic acids is 2. The molecule has 0 N–H and O–H groups in total. The normalized spacial score (nSPS) is 10.6. The molecule has 0 amide bonds. The maximum atomic E-state index is 11.9. The summed E-state index contributed by atoms with van der Waals surface area (Å²) in [6.45, 7) is 4.55. The van der Waals surface area contributed by atoms with Gasteiger partial charge in [-0.25, -0.2) is 0 Å². The average molecular weight is 571 g/mol. The van der Waals surface area contributed by atoms with E-state index in [-0.39, 0.29) is 73.9 Å². The summed E-state index contributed by atoms with van der Waals surface area (Å²) in [4.78, 5) is 23.8. The van der Waals surface area contributed by atoms with Crippen LogP contribution in [0.25, 0.3) is 0 Å². The van der Waals surface area contributed by atoms with Crippen LogP contribution in [0.4, 0.5) is 0 Å². The summed E-state index contributed by atoms with van der Waals surface area (Å²) in [6.07, 6.45) is 37.2. The Morgan fingerprint density at radius 1 is 0.359 bits per heavy atom.